The highest BCUT2D eigenvalue weighted by molar-refractivity contribution is 6.07. The van der Waals surface area contributed by atoms with Gasteiger partial charge in [-0.25, -0.2) is 0 Å². The van der Waals surface area contributed by atoms with Gasteiger partial charge in [0.25, 0.3) is 0 Å². The number of aryl methyl sites for hydroxylation is 4. The number of benzene rings is 2. The molecule has 0 aliphatic rings. The Morgan fingerprint density at radius 1 is 0.545 bits per heavy atom. The second kappa shape index (κ2) is 6.74. The highest BCUT2D eigenvalue weighted by Crippen LogP contribution is 2.47. The summed E-state index contributed by atoms with van der Waals surface area (Å²) in [4.78, 5) is 6.94. The lowest BCUT2D eigenvalue weighted by Gasteiger charge is -2.28. The molecule has 2 N–H and O–H groups in total. The minimum absolute atomic E-state index is 0.137. The summed E-state index contributed by atoms with van der Waals surface area (Å²) in [5, 5.41) is 8.06. The summed E-state index contributed by atoms with van der Waals surface area (Å²) in [6.45, 7) is 13.9. The first-order chi connectivity index (χ1) is 15.8. The van der Waals surface area contributed by atoms with Crippen LogP contribution in [-0.2, 0) is 5.41 Å². The van der Waals surface area contributed by atoms with Crippen LogP contribution >= 0.6 is 0 Å². The third-order valence-corrected chi connectivity index (χ3v) is 7.85. The van der Waals surface area contributed by atoms with Gasteiger partial charge >= 0.3 is 0 Å². The number of hydrogen-bond acceptors (Lipinski definition) is 0. The summed E-state index contributed by atoms with van der Waals surface area (Å²) in [6.07, 6.45) is 4.04. The number of hydrogen-bond donors (Lipinski definition) is 2. The first-order valence-corrected chi connectivity index (χ1v) is 11.8. The summed E-state index contributed by atoms with van der Waals surface area (Å²) >= 11 is 0. The van der Waals surface area contributed by atoms with Gasteiger partial charge in [-0.2, -0.15) is 0 Å². The van der Waals surface area contributed by atoms with Crippen LogP contribution in [0.1, 0.15) is 47.2 Å². The van der Waals surface area contributed by atoms with Gasteiger partial charge in [0.15, 0.2) is 0 Å². The maximum atomic E-state index is 3.47. The zero-order valence-corrected chi connectivity index (χ0v) is 20.3. The molecule has 0 saturated carbocycles. The van der Waals surface area contributed by atoms with Gasteiger partial charge in [-0.3, -0.25) is 0 Å². The molecule has 2 nitrogen and oxygen atoms in total. The number of aromatic nitrogens is 2. The van der Waals surface area contributed by atoms with E-state index in [0.717, 1.165) is 0 Å². The molecule has 2 heteroatoms. The van der Waals surface area contributed by atoms with E-state index >= 15 is 0 Å². The van der Waals surface area contributed by atoms with Crippen molar-refractivity contribution >= 4 is 43.4 Å². The Morgan fingerprint density at radius 3 is 1.39 bits per heavy atom. The summed E-state index contributed by atoms with van der Waals surface area (Å²) in [5.41, 5.74) is 10.6. The molecule has 0 saturated heterocycles. The van der Waals surface area contributed by atoms with Gasteiger partial charge in [0.05, 0.1) is 0 Å². The van der Waals surface area contributed by atoms with Crippen LogP contribution in [0.4, 0.5) is 0 Å². The molecular weight excluding hydrogens is 400 g/mol. The van der Waals surface area contributed by atoms with Gasteiger partial charge in [0.1, 0.15) is 0 Å². The normalized spacial score (nSPS) is 12.5. The van der Waals surface area contributed by atoms with Crippen molar-refractivity contribution in [2.75, 3.05) is 0 Å². The van der Waals surface area contributed by atoms with E-state index in [1.807, 2.05) is 12.4 Å². The number of aromatic amines is 2. The molecule has 2 heterocycles. The summed E-state index contributed by atoms with van der Waals surface area (Å²) in [5.74, 6) is 0. The average molecular weight is 431 g/mol. The highest BCUT2D eigenvalue weighted by atomic mass is 14.6. The Balaban J connectivity index is 1.70. The lowest BCUT2D eigenvalue weighted by molar-refractivity contribution is 0.647. The summed E-state index contributed by atoms with van der Waals surface area (Å²) in [7, 11) is 0. The first kappa shape index (κ1) is 20.1. The van der Waals surface area contributed by atoms with Crippen molar-refractivity contribution in [3.05, 3.63) is 94.3 Å². The molecule has 0 unspecified atom stereocenters. The van der Waals surface area contributed by atoms with Crippen molar-refractivity contribution < 1.29 is 0 Å². The molecule has 4 aromatic carbocycles. The standard InChI is InChI=1S/C31H30N2/c1-17-13-23-19(3)21-9-7-11-32-27(21)15-25(23)29(17)31(5,6)30-18(2)14-24-20(4)22-10-8-12-33-28(22)16-26(24)30/h7-16,32-33H,1-6H3. The number of fused-ring (bicyclic) bond motifs is 4. The fraction of sp³-hybridized carbons (Fsp3) is 0.226. The molecule has 0 radical (unpaired) electrons. The Hall–Kier alpha value is -3.52. The van der Waals surface area contributed by atoms with Crippen molar-refractivity contribution in [3.8, 4) is 0 Å². The monoisotopic (exact) mass is 430 g/mol. The average Bonchev–Trinajstić information content (AvgIpc) is 3.31. The van der Waals surface area contributed by atoms with E-state index in [1.54, 1.807) is 0 Å². The van der Waals surface area contributed by atoms with Gasteiger partial charge in [-0.05, 0) is 107 Å². The Kier molecular flexibility index (Phi) is 4.11. The van der Waals surface area contributed by atoms with E-state index in [-0.39, 0.29) is 5.41 Å². The quantitative estimate of drug-likeness (QED) is 0.276. The second-order valence-electron chi connectivity index (χ2n) is 10.2. The SMILES string of the molecule is Cc1cc2c(C)c3ccc[nH]c3cc2c1C(C)(C)c1c(C)cc2c(C)c3ccc[nH]c3cc12. The molecule has 0 amide bonds. The molecular formula is C31H30N2. The van der Waals surface area contributed by atoms with Crippen LogP contribution in [0.5, 0.6) is 0 Å². The smallest absolute Gasteiger partial charge is 0.0462 e. The summed E-state index contributed by atoms with van der Waals surface area (Å²) < 4.78 is 0. The topological polar surface area (TPSA) is 31.6 Å². The summed E-state index contributed by atoms with van der Waals surface area (Å²) in [6, 6.07) is 18.1. The van der Waals surface area contributed by atoms with Gasteiger partial charge < -0.3 is 9.97 Å². The Bertz CT molecular complexity index is 1600. The van der Waals surface area contributed by atoms with Crippen LogP contribution in [0.15, 0.2) is 60.9 Å². The Labute approximate surface area is 194 Å². The molecule has 33 heavy (non-hydrogen) atoms. The van der Waals surface area contributed by atoms with Gasteiger partial charge in [-0.15, -0.1) is 0 Å². The van der Waals surface area contributed by atoms with Crippen molar-refractivity contribution in [1.29, 1.82) is 0 Å². The number of rotatable bonds is 2. The molecule has 2 aromatic heterocycles. The molecule has 0 fully saturated rings. The lowest BCUT2D eigenvalue weighted by atomic mass is 9.74. The third kappa shape index (κ3) is 2.67. The van der Waals surface area contributed by atoms with Crippen molar-refractivity contribution in [2.24, 2.45) is 0 Å². The first-order valence-electron chi connectivity index (χ1n) is 11.8. The third-order valence-electron chi connectivity index (χ3n) is 7.85. The lowest BCUT2D eigenvalue weighted by Crippen LogP contribution is -2.20. The van der Waals surface area contributed by atoms with E-state index < -0.39 is 0 Å². The van der Waals surface area contributed by atoms with E-state index in [2.05, 4.69) is 100 Å². The molecule has 0 aliphatic carbocycles. The van der Waals surface area contributed by atoms with Crippen LogP contribution in [0.3, 0.4) is 0 Å². The largest absolute Gasteiger partial charge is 0.361 e. The van der Waals surface area contributed by atoms with Crippen LogP contribution in [-0.4, -0.2) is 9.97 Å². The van der Waals surface area contributed by atoms with E-state index in [1.165, 1.54) is 76.7 Å². The van der Waals surface area contributed by atoms with Crippen molar-refractivity contribution in [1.82, 2.24) is 9.97 Å². The number of H-pyrrole nitrogens is 2. The van der Waals surface area contributed by atoms with Crippen LogP contribution < -0.4 is 0 Å². The molecule has 164 valence electrons. The predicted octanol–water partition coefficient (Wildman–Crippen LogP) is 8.52. The van der Waals surface area contributed by atoms with Crippen molar-refractivity contribution in [2.45, 2.75) is 47.0 Å². The maximum Gasteiger partial charge on any atom is 0.0462 e. The zero-order chi connectivity index (χ0) is 23.1. The van der Waals surface area contributed by atoms with E-state index in [4.69, 9.17) is 0 Å². The number of nitrogens with one attached hydrogen (secondary N) is 2. The van der Waals surface area contributed by atoms with Crippen LogP contribution in [0.25, 0.3) is 43.4 Å². The molecule has 6 aromatic rings. The minimum atomic E-state index is -0.137. The fourth-order valence-corrected chi connectivity index (χ4v) is 6.50. The van der Waals surface area contributed by atoms with Gasteiger partial charge in [-0.1, -0.05) is 38.1 Å². The van der Waals surface area contributed by atoms with Gasteiger partial charge in [0, 0.05) is 39.6 Å². The van der Waals surface area contributed by atoms with Crippen LogP contribution in [0, 0.1) is 27.7 Å². The maximum absolute atomic E-state index is 3.47. The van der Waals surface area contributed by atoms with E-state index in [0.29, 0.717) is 0 Å². The minimum Gasteiger partial charge on any atom is -0.361 e. The second-order valence-corrected chi connectivity index (χ2v) is 10.2. The van der Waals surface area contributed by atoms with Crippen molar-refractivity contribution in [3.63, 3.8) is 0 Å². The molecule has 6 rings (SSSR count). The number of pyridine rings is 2. The Morgan fingerprint density at radius 2 is 0.970 bits per heavy atom. The fourth-order valence-electron chi connectivity index (χ4n) is 6.50. The zero-order valence-electron chi connectivity index (χ0n) is 20.3. The molecule has 0 bridgehead atoms. The molecule has 0 spiro atoms. The molecule has 0 aliphatic heterocycles. The van der Waals surface area contributed by atoms with E-state index in [9.17, 15) is 0 Å². The highest BCUT2D eigenvalue weighted by Gasteiger charge is 2.32. The van der Waals surface area contributed by atoms with Gasteiger partial charge in [0.2, 0.25) is 0 Å². The predicted molar refractivity (Wildman–Crippen MR) is 143 cm³/mol. The van der Waals surface area contributed by atoms with Crippen LogP contribution in [0.2, 0.25) is 0 Å². The molecule has 0 atom stereocenters.